The minimum absolute atomic E-state index is 0.110. The van der Waals surface area contributed by atoms with Gasteiger partial charge < -0.3 is 56.4 Å². The van der Waals surface area contributed by atoms with Gasteiger partial charge in [-0.15, -0.1) is 0 Å². The van der Waals surface area contributed by atoms with E-state index in [1.807, 2.05) is 24.3 Å². The number of nitrogens with one attached hydrogen (secondary N) is 5. The number of likely N-dealkylation sites (tertiary alicyclic amines) is 1. The maximum absolute atomic E-state index is 13.0. The molecule has 12 heterocycles. The number of urea groups is 2. The van der Waals surface area contributed by atoms with Gasteiger partial charge in [-0.2, -0.15) is 0 Å². The summed E-state index contributed by atoms with van der Waals surface area (Å²) in [5, 5.41) is 13.8. The van der Waals surface area contributed by atoms with E-state index in [0.717, 1.165) is 27.3 Å². The molecule has 15 unspecified atom stereocenters. The number of methoxy groups -OCH3 is 3. The van der Waals surface area contributed by atoms with Gasteiger partial charge in [0.15, 0.2) is 34.0 Å². The molecule has 13 amide bonds. The van der Waals surface area contributed by atoms with Crippen molar-refractivity contribution in [3.8, 4) is 34.5 Å². The quantitative estimate of drug-likeness (QED) is 0.0559. The van der Waals surface area contributed by atoms with Gasteiger partial charge in [-0.1, -0.05) is 39.0 Å². The van der Waals surface area contributed by atoms with E-state index in [-0.39, 0.29) is 106 Å². The largest absolute Gasteiger partial charge is 0.490 e. The summed E-state index contributed by atoms with van der Waals surface area (Å²) in [6.07, 6.45) is 11.4. The van der Waals surface area contributed by atoms with Crippen molar-refractivity contribution in [2.75, 3.05) is 42.5 Å². The Bertz CT molecular complexity index is 4780. The van der Waals surface area contributed by atoms with Crippen LogP contribution in [0.15, 0.2) is 109 Å². The van der Waals surface area contributed by atoms with Crippen molar-refractivity contribution >= 4 is 116 Å². The van der Waals surface area contributed by atoms with Crippen molar-refractivity contribution in [1.82, 2.24) is 41.3 Å². The molecule has 15 atom stereocenters. The monoisotopic (exact) mass is 1400 g/mol. The van der Waals surface area contributed by atoms with Gasteiger partial charge in [-0.3, -0.25) is 84.1 Å². The highest BCUT2D eigenvalue weighted by Crippen LogP contribution is 2.66. The number of esters is 2. The molecule has 5 N–H and O–H groups in total. The third-order valence-corrected chi connectivity index (χ3v) is 20.3. The summed E-state index contributed by atoms with van der Waals surface area (Å²) in [5.41, 5.74) is 3.21. The van der Waals surface area contributed by atoms with Crippen LogP contribution in [-0.4, -0.2) is 164 Å². The van der Waals surface area contributed by atoms with Gasteiger partial charge in [0.2, 0.25) is 70.4 Å². The molecule has 0 spiro atoms. The molecule has 3 aliphatic carbocycles. The normalized spacial score (nSPS) is 28.9. The maximum Gasteiger partial charge on any atom is 0.336 e. The fourth-order valence-corrected chi connectivity index (χ4v) is 15.1. The minimum Gasteiger partial charge on any atom is -0.490 e. The third-order valence-electron chi connectivity index (χ3n) is 20.3. The first-order chi connectivity index (χ1) is 48.7. The van der Waals surface area contributed by atoms with Crippen LogP contribution in [0.5, 0.6) is 34.5 Å². The Balaban J connectivity index is 0.000000119. The van der Waals surface area contributed by atoms with Gasteiger partial charge in [0.1, 0.15) is 11.9 Å². The van der Waals surface area contributed by atoms with Crippen molar-refractivity contribution in [3.05, 3.63) is 119 Å². The zero-order valence-electron chi connectivity index (χ0n) is 55.7. The Kier molecular flexibility index (Phi) is 17.5. The number of furan rings is 2. The number of carbonyl (C=O) groups is 14. The summed E-state index contributed by atoms with van der Waals surface area (Å²) in [6.45, 7) is 5.20. The second-order valence-corrected chi connectivity index (χ2v) is 25.9. The molecular weight excluding hydrogens is 1340 g/mol. The molecule has 3 aromatic heterocycles. The lowest BCUT2D eigenvalue weighted by Crippen LogP contribution is -2.72. The maximum atomic E-state index is 13.0. The van der Waals surface area contributed by atoms with Gasteiger partial charge >= 0.3 is 29.6 Å². The van der Waals surface area contributed by atoms with Crippen molar-refractivity contribution in [2.45, 2.75) is 69.2 Å². The number of likely N-dealkylation sites (N-methyl/N-ethyl adjacent to an activating group) is 1. The molecule has 32 heteroatoms. The average molecular weight is 1400 g/mol. The van der Waals surface area contributed by atoms with E-state index in [2.05, 4.69) is 26.6 Å². The summed E-state index contributed by atoms with van der Waals surface area (Å²) in [5.74, 6) is -6.11. The fraction of sp³-hybridized carbons (Fsp3) is 0.357. The number of hydrogen-bond acceptors (Lipinski definition) is 24. The molecule has 18 rings (SSSR count). The molecular formula is C70H64N8O24. The van der Waals surface area contributed by atoms with Crippen molar-refractivity contribution in [3.63, 3.8) is 0 Å². The van der Waals surface area contributed by atoms with E-state index in [0.29, 0.717) is 45.3 Å². The highest BCUT2D eigenvalue weighted by molar-refractivity contribution is 6.09. The van der Waals surface area contributed by atoms with E-state index < -0.39 is 89.4 Å². The van der Waals surface area contributed by atoms with Crippen LogP contribution in [0.4, 0.5) is 9.59 Å². The highest BCUT2D eigenvalue weighted by Gasteiger charge is 2.69. The molecule has 0 radical (unpaired) electrons. The number of imide groups is 5. The molecule has 3 saturated carbocycles. The fourth-order valence-electron chi connectivity index (χ4n) is 15.1. The van der Waals surface area contributed by atoms with Crippen LogP contribution in [0.1, 0.15) is 61.6 Å². The number of fused-ring (bicyclic) bond motifs is 21. The van der Waals surface area contributed by atoms with E-state index in [1.54, 1.807) is 84.8 Å². The predicted octanol–water partition coefficient (Wildman–Crippen LogP) is 3.06. The number of rotatable bonds is 3. The highest BCUT2D eigenvalue weighted by atomic mass is 16.6. The molecule has 32 nitrogen and oxygen atoms in total. The molecule has 3 aromatic carbocycles. The topological polar surface area (TPSA) is 421 Å². The van der Waals surface area contributed by atoms with Gasteiger partial charge in [-0.25, -0.2) is 14.4 Å². The van der Waals surface area contributed by atoms with Crippen molar-refractivity contribution in [1.29, 1.82) is 0 Å². The molecule has 102 heavy (non-hydrogen) atoms. The zero-order valence-corrected chi connectivity index (χ0v) is 55.7. The summed E-state index contributed by atoms with van der Waals surface area (Å²) in [4.78, 5) is 178. The van der Waals surface area contributed by atoms with Crippen LogP contribution in [0.25, 0.3) is 32.9 Å². The standard InChI is InChI=1S/C22H20N4O8.C18H15NO6.C12H8O4.3C6H7NO2/c1-25-12-9(18(27)23-21(25)30)7-5-4-6-8-10-13(26(2)22(31)24-19(10)28)16(8)33-14(6)17(32-3)15(5)34-20(29)11(7)12;1-19-10(21)6-9(20)12-11-8-5-7-3-4-24-15(7)17(23-2)16(8)25-18(22)13(11)14(12)19;1-14-12-10-8(4-5-15-10)6-7-2-3-9(13)16-11(7)12;3*1-4-2-3-5(8)7-6(4)9/h4,7-13,16H,1-3H3,(H,23,27,30)(H,24,28,31);3-5,11-14H,6H2,1-2H3;2-6H,1H3;3*2-4H,1H3,(H,7,8,9). The number of ketones is 1. The Hall–Kier alpha value is -12.3. The van der Waals surface area contributed by atoms with E-state index >= 15 is 0 Å². The summed E-state index contributed by atoms with van der Waals surface area (Å²) >= 11 is 0. The van der Waals surface area contributed by atoms with Gasteiger partial charge in [0, 0.05) is 102 Å². The Labute approximate surface area is 575 Å². The number of piperidine rings is 1. The number of ether oxygens (including phenoxy) is 6. The first kappa shape index (κ1) is 68.3. The molecule has 6 aromatic rings. The van der Waals surface area contributed by atoms with Gasteiger partial charge in [0.25, 0.3) is 0 Å². The molecule has 3 saturated heterocycles. The van der Waals surface area contributed by atoms with Crippen LogP contribution >= 0.6 is 0 Å². The lowest BCUT2D eigenvalue weighted by molar-refractivity contribution is -0.170. The minimum atomic E-state index is -0.686. The SMILES string of the molecule is CC1C=CC(=O)NC1=O.CC1C=CC(=O)NC1=O.CC1C=CC(=O)NC1=O.COc1c2c(cc3c1OC(=O)C1C3C3C(=O)NC(=O)N(C)C31)C1C(O2)C2C1C(=O)NC(=O)N2C.COc1c2c(cc3ccoc13)C1C3C(=O)CC(=O)N(C)C3C1C(=O)O2.COc1c2occc2cc2ccc(=O)oc12. The first-order valence-electron chi connectivity index (χ1n) is 32.1. The molecule has 528 valence electrons. The number of amides is 13. The predicted molar refractivity (Wildman–Crippen MR) is 347 cm³/mol. The lowest BCUT2D eigenvalue weighted by atomic mass is 9.53. The van der Waals surface area contributed by atoms with Crippen LogP contribution in [0, 0.1) is 47.3 Å². The Morgan fingerprint density at radius 2 is 0.863 bits per heavy atom. The number of nitrogens with zero attached hydrogens (tertiary/aromatic N) is 3. The molecule has 9 aliphatic heterocycles. The average Bonchev–Trinajstić information content (AvgIpc) is 1.33. The number of Topliss-reactive ketones (excluding diaryl/α,β-unsaturated/α-hetero) is 1. The van der Waals surface area contributed by atoms with Gasteiger partial charge in [-0.05, 0) is 36.4 Å². The number of carbonyl (C=O) groups excluding carboxylic acids is 14. The zero-order chi connectivity index (χ0) is 72.9. The summed E-state index contributed by atoms with van der Waals surface area (Å²) < 4.78 is 49.6. The van der Waals surface area contributed by atoms with Crippen molar-refractivity contribution < 1.29 is 109 Å². The van der Waals surface area contributed by atoms with Crippen molar-refractivity contribution in [2.24, 2.45) is 47.3 Å². The van der Waals surface area contributed by atoms with E-state index in [1.165, 1.54) is 60.3 Å². The summed E-state index contributed by atoms with van der Waals surface area (Å²) in [7, 11) is 9.24. The van der Waals surface area contributed by atoms with Gasteiger partial charge in [0.05, 0.1) is 99.8 Å². The van der Waals surface area contributed by atoms with Crippen LogP contribution in [-0.2, 0) is 57.5 Å². The number of benzene rings is 3. The van der Waals surface area contributed by atoms with E-state index in [9.17, 15) is 71.9 Å². The second kappa shape index (κ2) is 26.1. The van der Waals surface area contributed by atoms with Crippen LogP contribution in [0.3, 0.4) is 0 Å². The smallest absolute Gasteiger partial charge is 0.336 e. The first-order valence-corrected chi connectivity index (χ1v) is 32.1. The van der Waals surface area contributed by atoms with Crippen LogP contribution in [0.2, 0.25) is 0 Å². The second-order valence-electron chi connectivity index (χ2n) is 25.9. The third kappa shape index (κ3) is 11.3. The summed E-state index contributed by atoms with van der Waals surface area (Å²) in [6, 6.07) is 9.88. The Morgan fingerprint density at radius 1 is 0.422 bits per heavy atom. The molecule has 6 fully saturated rings. The number of hydrogen-bond donors (Lipinski definition) is 5. The molecule has 0 bridgehead atoms. The Morgan fingerprint density at radius 3 is 1.37 bits per heavy atom. The molecule has 12 aliphatic rings. The lowest BCUT2D eigenvalue weighted by Gasteiger charge is -2.57. The van der Waals surface area contributed by atoms with E-state index in [4.69, 9.17) is 41.7 Å². The van der Waals surface area contributed by atoms with Crippen LogP contribution < -0.4 is 60.6 Å².